The van der Waals surface area contributed by atoms with Crippen LogP contribution in [0.25, 0.3) is 0 Å². The summed E-state index contributed by atoms with van der Waals surface area (Å²) in [5.41, 5.74) is 6.96. The van der Waals surface area contributed by atoms with Crippen molar-refractivity contribution in [3.8, 4) is 0 Å². The summed E-state index contributed by atoms with van der Waals surface area (Å²) in [6.45, 7) is 27.8. The first-order valence-corrected chi connectivity index (χ1v) is 14.0. The molecule has 0 aliphatic carbocycles. The van der Waals surface area contributed by atoms with Crippen molar-refractivity contribution in [2.45, 2.75) is 126 Å². The van der Waals surface area contributed by atoms with Crippen LogP contribution in [0.4, 0.5) is 0 Å². The summed E-state index contributed by atoms with van der Waals surface area (Å²) in [5.74, 6) is 1.19. The molecule has 0 aliphatic heterocycles. The van der Waals surface area contributed by atoms with E-state index in [0.717, 1.165) is 24.0 Å². The first-order chi connectivity index (χ1) is 17.6. The Kier molecular flexibility index (Phi) is 12.8. The molecule has 0 amide bonds. The molecule has 10 heteroatoms. The third kappa shape index (κ3) is 8.34. The standard InChI is InChI=1S/C27H45BN6.C2H4O2.Fe/c1-16(2)22-13-25(19(7)8)32(29-22)28(33-26(20(9)10)14-23(30-33)17(3)4)34-27(21(11)12)15-24(31-34)18(5)6;1-2(3)4;/h13-21H,1-12H3;1H3,(H,3,4);/q-1;;. The van der Waals surface area contributed by atoms with E-state index < -0.39 is 5.97 Å². The second-order valence-corrected chi connectivity index (χ2v) is 12.1. The van der Waals surface area contributed by atoms with E-state index in [1.165, 1.54) is 17.1 Å². The first-order valence-electron chi connectivity index (χ1n) is 14.0. The fourth-order valence-electron chi connectivity index (χ4n) is 4.29. The topological polar surface area (TPSA) is 90.8 Å². The van der Waals surface area contributed by atoms with Crippen LogP contribution in [0.15, 0.2) is 18.2 Å². The van der Waals surface area contributed by atoms with Crippen LogP contribution in [0.2, 0.25) is 0 Å². The fourth-order valence-corrected chi connectivity index (χ4v) is 4.29. The van der Waals surface area contributed by atoms with Crippen molar-refractivity contribution in [3.05, 3.63) is 52.4 Å². The summed E-state index contributed by atoms with van der Waals surface area (Å²) in [6.07, 6.45) is 0. The first kappa shape index (κ1) is 34.7. The Morgan fingerprint density at radius 3 is 0.949 bits per heavy atom. The number of rotatable bonds is 9. The number of carbonyl (C=O) groups is 1. The van der Waals surface area contributed by atoms with E-state index >= 15 is 0 Å². The molecule has 3 aromatic rings. The van der Waals surface area contributed by atoms with Crippen molar-refractivity contribution in [1.29, 1.82) is 0 Å². The predicted octanol–water partition coefficient (Wildman–Crippen LogP) is 7.03. The number of aromatic nitrogens is 6. The van der Waals surface area contributed by atoms with E-state index in [2.05, 4.69) is 115 Å². The quantitative estimate of drug-likeness (QED) is 0.275. The molecular weight excluding hydrogens is 531 g/mol. The fraction of sp³-hybridized carbons (Fsp3) is 0.655. The molecular formula is C29H49BFeN6O2-. The number of nitrogens with zero attached hydrogens (tertiary/aromatic N) is 6. The van der Waals surface area contributed by atoms with Crippen LogP contribution >= 0.6 is 0 Å². The van der Waals surface area contributed by atoms with Gasteiger partial charge in [0, 0.05) is 24.0 Å². The summed E-state index contributed by atoms with van der Waals surface area (Å²) in [4.78, 5) is 9.00. The molecule has 0 saturated heterocycles. The molecule has 0 spiro atoms. The molecule has 3 aromatic heterocycles. The van der Waals surface area contributed by atoms with Crippen LogP contribution in [0, 0.1) is 0 Å². The molecule has 0 saturated carbocycles. The van der Waals surface area contributed by atoms with Crippen molar-refractivity contribution in [1.82, 2.24) is 29.1 Å². The summed E-state index contributed by atoms with van der Waals surface area (Å²) in [7, 11) is -0.292. The van der Waals surface area contributed by atoms with Gasteiger partial charge in [0.15, 0.2) is 0 Å². The van der Waals surface area contributed by atoms with Crippen LogP contribution in [-0.4, -0.2) is 47.3 Å². The largest absolute Gasteiger partial charge is 0.481 e. The summed E-state index contributed by atoms with van der Waals surface area (Å²) in [6, 6.07) is 6.81. The number of hydrogen-bond donors (Lipinski definition) is 1. The predicted molar refractivity (Wildman–Crippen MR) is 156 cm³/mol. The van der Waals surface area contributed by atoms with Crippen LogP contribution in [0.1, 0.15) is 160 Å². The van der Waals surface area contributed by atoms with Gasteiger partial charge in [0.25, 0.3) is 13.1 Å². The van der Waals surface area contributed by atoms with Gasteiger partial charge in [0.05, 0.1) is 17.1 Å². The second-order valence-electron chi connectivity index (χ2n) is 12.1. The maximum absolute atomic E-state index is 9.00. The van der Waals surface area contributed by atoms with Crippen LogP contribution in [-0.2, 0) is 21.9 Å². The van der Waals surface area contributed by atoms with Crippen molar-refractivity contribution >= 4 is 13.1 Å². The monoisotopic (exact) mass is 580 g/mol. The van der Waals surface area contributed by atoms with Crippen LogP contribution in [0.3, 0.4) is 0 Å². The second kappa shape index (κ2) is 14.4. The Balaban J connectivity index is 0.00000142. The maximum atomic E-state index is 9.00. The molecule has 219 valence electrons. The van der Waals surface area contributed by atoms with Gasteiger partial charge in [-0.3, -0.25) is 4.79 Å². The Labute approximate surface area is 246 Å². The van der Waals surface area contributed by atoms with Gasteiger partial charge in [0.2, 0.25) is 0 Å². The molecule has 0 fully saturated rings. The minimum absolute atomic E-state index is 0. The van der Waals surface area contributed by atoms with E-state index in [0.29, 0.717) is 35.5 Å². The van der Waals surface area contributed by atoms with Gasteiger partial charge in [0.1, 0.15) is 0 Å². The van der Waals surface area contributed by atoms with Crippen LogP contribution < -0.4 is 0 Å². The Bertz CT molecular complexity index is 1060. The third-order valence-electron chi connectivity index (χ3n) is 6.56. The minimum Gasteiger partial charge on any atom is -0.481 e. The molecule has 0 unspecified atom stereocenters. The molecule has 0 atom stereocenters. The average Bonchev–Trinajstić information content (AvgIpc) is 3.51. The van der Waals surface area contributed by atoms with E-state index in [1.54, 1.807) is 0 Å². The van der Waals surface area contributed by atoms with Gasteiger partial charge in [-0.15, -0.1) is 0 Å². The van der Waals surface area contributed by atoms with Gasteiger partial charge >= 0.3 is 0 Å². The van der Waals surface area contributed by atoms with E-state index in [-0.39, 0.29) is 24.2 Å². The minimum atomic E-state index is -0.833. The zero-order valence-electron chi connectivity index (χ0n) is 26.2. The molecule has 8 nitrogen and oxygen atoms in total. The Morgan fingerprint density at radius 2 is 0.795 bits per heavy atom. The summed E-state index contributed by atoms with van der Waals surface area (Å²) >= 11 is 0. The van der Waals surface area contributed by atoms with Gasteiger partial charge in [-0.1, -0.05) is 83.1 Å². The molecule has 0 aromatic carbocycles. The zero-order chi connectivity index (χ0) is 29.1. The summed E-state index contributed by atoms with van der Waals surface area (Å²) < 4.78 is 6.56. The molecule has 1 radical (unpaired) electrons. The molecule has 1 N–H and O–H groups in total. The van der Waals surface area contributed by atoms with Crippen molar-refractivity contribution in [2.24, 2.45) is 0 Å². The molecule has 3 rings (SSSR count). The number of carboxylic acids is 1. The van der Waals surface area contributed by atoms with Crippen LogP contribution in [0.5, 0.6) is 0 Å². The van der Waals surface area contributed by atoms with Gasteiger partial charge in [-0.25, -0.2) is 15.3 Å². The maximum Gasteiger partial charge on any atom is 0.300 e. The van der Waals surface area contributed by atoms with Gasteiger partial charge < -0.3 is 18.9 Å². The van der Waals surface area contributed by atoms with Crippen molar-refractivity contribution < 1.29 is 27.0 Å². The third-order valence-corrected chi connectivity index (χ3v) is 6.56. The van der Waals surface area contributed by atoms with Crippen molar-refractivity contribution in [3.63, 3.8) is 0 Å². The Morgan fingerprint density at radius 1 is 0.590 bits per heavy atom. The zero-order valence-corrected chi connectivity index (χ0v) is 27.3. The van der Waals surface area contributed by atoms with Crippen molar-refractivity contribution in [2.75, 3.05) is 0 Å². The normalized spacial score (nSPS) is 11.8. The molecule has 0 aliphatic rings. The Hall–Kier alpha value is -2.32. The smallest absolute Gasteiger partial charge is 0.300 e. The van der Waals surface area contributed by atoms with Gasteiger partial charge in [-0.2, -0.15) is 0 Å². The number of hydrogen-bond acceptors (Lipinski definition) is 4. The summed E-state index contributed by atoms with van der Waals surface area (Å²) in [5, 5.41) is 23.0. The SMILES string of the molecule is CC(=O)O.CC(C)c1cc(C(C)C)n([B-](n2nc(C(C)C)cc2C(C)C)n2nc(C(C)C)cc2C(C)C)n1.[Fe]. The van der Waals surface area contributed by atoms with E-state index in [1.807, 2.05) is 0 Å². The van der Waals surface area contributed by atoms with E-state index in [9.17, 15) is 0 Å². The van der Waals surface area contributed by atoms with E-state index in [4.69, 9.17) is 25.2 Å². The number of carboxylic acid groups (broad SMARTS) is 1. The molecule has 39 heavy (non-hydrogen) atoms. The molecule has 0 bridgehead atoms. The molecule has 3 heterocycles. The van der Waals surface area contributed by atoms with Gasteiger partial charge in [-0.05, 0) is 70.8 Å². The average molecular weight is 580 g/mol. The number of aliphatic carboxylic acids is 1.